The van der Waals surface area contributed by atoms with Crippen LogP contribution in [-0.2, 0) is 4.79 Å². The van der Waals surface area contributed by atoms with Gasteiger partial charge in [0.2, 0.25) is 11.9 Å². The number of nitrogens with one attached hydrogen (secondary N) is 2. The fourth-order valence-corrected chi connectivity index (χ4v) is 3.54. The monoisotopic (exact) mass is 415 g/mol. The van der Waals surface area contributed by atoms with Gasteiger partial charge in [-0.25, -0.2) is 24.3 Å². The van der Waals surface area contributed by atoms with Gasteiger partial charge in [-0.05, 0) is 31.0 Å². The number of amides is 1. The average Bonchev–Trinajstić information content (AvgIpc) is 2.70. The quantitative estimate of drug-likeness (QED) is 0.676. The first-order chi connectivity index (χ1) is 14.0. The van der Waals surface area contributed by atoms with E-state index in [1.807, 2.05) is 4.90 Å². The van der Waals surface area contributed by atoms with Crippen LogP contribution in [-0.4, -0.2) is 45.0 Å². The topological polar surface area (TPSA) is 95.9 Å². The molecule has 0 spiro atoms. The van der Waals surface area contributed by atoms with Gasteiger partial charge in [0.1, 0.15) is 23.2 Å². The molecular formula is C19H19ClFN7O. The van der Waals surface area contributed by atoms with E-state index in [4.69, 9.17) is 11.6 Å². The predicted molar refractivity (Wildman–Crippen MR) is 109 cm³/mol. The Morgan fingerprint density at radius 3 is 2.97 bits per heavy atom. The van der Waals surface area contributed by atoms with E-state index < -0.39 is 5.82 Å². The maximum Gasteiger partial charge on any atom is 0.226 e. The molecule has 1 amide bonds. The summed E-state index contributed by atoms with van der Waals surface area (Å²) in [6.07, 6.45) is 4.90. The van der Waals surface area contributed by atoms with Crippen molar-refractivity contribution in [3.63, 3.8) is 0 Å². The molecule has 3 heterocycles. The van der Waals surface area contributed by atoms with Crippen LogP contribution in [0, 0.1) is 5.82 Å². The number of hydrogen-bond donors (Lipinski definition) is 2. The second kappa shape index (κ2) is 8.12. The molecule has 1 fully saturated rings. The predicted octanol–water partition coefficient (Wildman–Crippen LogP) is 3.06. The summed E-state index contributed by atoms with van der Waals surface area (Å²) in [7, 11) is 0. The average molecular weight is 416 g/mol. The summed E-state index contributed by atoms with van der Waals surface area (Å²) in [5.41, 5.74) is 1.70. The Morgan fingerprint density at radius 2 is 2.17 bits per heavy atom. The smallest absolute Gasteiger partial charge is 0.226 e. The van der Waals surface area contributed by atoms with Gasteiger partial charge >= 0.3 is 0 Å². The molecule has 0 saturated carbocycles. The SMILES string of the molecule is CC(=O)NC1CCCN(c2ncc3ncnc(Nc4ccc(F)c(Cl)c4)c3n2)C1. The number of carbonyl (C=O) groups excluding carboxylic acids is 1. The van der Waals surface area contributed by atoms with Crippen LogP contribution >= 0.6 is 11.6 Å². The van der Waals surface area contributed by atoms with Crippen molar-refractivity contribution in [1.82, 2.24) is 25.3 Å². The number of benzene rings is 1. The van der Waals surface area contributed by atoms with Crippen molar-refractivity contribution in [3.05, 3.63) is 41.6 Å². The zero-order valence-corrected chi connectivity index (χ0v) is 16.4. The molecule has 1 aromatic carbocycles. The van der Waals surface area contributed by atoms with Gasteiger partial charge in [0.05, 0.1) is 11.2 Å². The maximum atomic E-state index is 13.4. The lowest BCUT2D eigenvalue weighted by molar-refractivity contribution is -0.119. The van der Waals surface area contributed by atoms with Gasteiger partial charge in [0, 0.05) is 31.7 Å². The lowest BCUT2D eigenvalue weighted by Crippen LogP contribution is -2.47. The highest BCUT2D eigenvalue weighted by atomic mass is 35.5. The van der Waals surface area contributed by atoms with Gasteiger partial charge in [0.15, 0.2) is 5.82 Å². The number of hydrogen-bond acceptors (Lipinski definition) is 7. The van der Waals surface area contributed by atoms with Crippen molar-refractivity contribution in [3.8, 4) is 0 Å². The molecule has 0 aliphatic carbocycles. The second-order valence-corrected chi connectivity index (χ2v) is 7.27. The van der Waals surface area contributed by atoms with Crippen LogP contribution in [0.2, 0.25) is 5.02 Å². The van der Waals surface area contributed by atoms with E-state index >= 15 is 0 Å². The number of nitrogens with zero attached hydrogens (tertiary/aromatic N) is 5. The molecule has 10 heteroatoms. The summed E-state index contributed by atoms with van der Waals surface area (Å²) in [6, 6.07) is 4.39. The van der Waals surface area contributed by atoms with Crippen molar-refractivity contribution in [1.29, 1.82) is 0 Å². The van der Waals surface area contributed by atoms with E-state index in [1.54, 1.807) is 12.3 Å². The summed E-state index contributed by atoms with van der Waals surface area (Å²) in [6.45, 7) is 2.95. The molecule has 150 valence electrons. The molecule has 1 aliphatic rings. The van der Waals surface area contributed by atoms with Crippen LogP contribution in [0.4, 0.5) is 21.8 Å². The van der Waals surface area contributed by atoms with Crippen molar-refractivity contribution in [2.75, 3.05) is 23.3 Å². The number of halogens is 2. The minimum absolute atomic E-state index is 0.0148. The Kier molecular flexibility index (Phi) is 5.39. The molecule has 29 heavy (non-hydrogen) atoms. The number of carbonyl (C=O) groups is 1. The van der Waals surface area contributed by atoms with Gasteiger partial charge in [-0.3, -0.25) is 4.79 Å². The maximum absolute atomic E-state index is 13.4. The highest BCUT2D eigenvalue weighted by Crippen LogP contribution is 2.26. The van der Waals surface area contributed by atoms with Crippen molar-refractivity contribution in [2.45, 2.75) is 25.8 Å². The lowest BCUT2D eigenvalue weighted by atomic mass is 10.1. The zero-order valence-electron chi connectivity index (χ0n) is 15.7. The molecule has 1 atom stereocenters. The Hall–Kier alpha value is -3.07. The van der Waals surface area contributed by atoms with Crippen molar-refractivity contribution < 1.29 is 9.18 Å². The Labute approximate surface area is 171 Å². The first kappa shape index (κ1) is 19.3. The highest BCUT2D eigenvalue weighted by molar-refractivity contribution is 6.31. The van der Waals surface area contributed by atoms with E-state index in [1.165, 1.54) is 25.4 Å². The normalized spacial score (nSPS) is 16.7. The molecule has 8 nitrogen and oxygen atoms in total. The summed E-state index contributed by atoms with van der Waals surface area (Å²) in [5, 5.41) is 6.08. The van der Waals surface area contributed by atoms with Crippen LogP contribution in [0.5, 0.6) is 0 Å². The summed E-state index contributed by atoms with van der Waals surface area (Å²) >= 11 is 5.86. The van der Waals surface area contributed by atoms with Crippen LogP contribution < -0.4 is 15.5 Å². The second-order valence-electron chi connectivity index (χ2n) is 6.87. The van der Waals surface area contributed by atoms with Gasteiger partial charge in [-0.15, -0.1) is 0 Å². The molecule has 4 rings (SSSR count). The van der Waals surface area contributed by atoms with Crippen molar-refractivity contribution in [2.24, 2.45) is 0 Å². The zero-order chi connectivity index (χ0) is 20.4. The van der Waals surface area contributed by atoms with Crippen LogP contribution in [0.3, 0.4) is 0 Å². The molecule has 2 aromatic heterocycles. The lowest BCUT2D eigenvalue weighted by Gasteiger charge is -2.33. The van der Waals surface area contributed by atoms with Crippen LogP contribution in [0.25, 0.3) is 11.0 Å². The summed E-state index contributed by atoms with van der Waals surface area (Å²) < 4.78 is 13.4. The van der Waals surface area contributed by atoms with E-state index in [2.05, 4.69) is 30.6 Å². The largest absolute Gasteiger partial charge is 0.352 e. The summed E-state index contributed by atoms with van der Waals surface area (Å²) in [5.74, 6) is 0.474. The highest BCUT2D eigenvalue weighted by Gasteiger charge is 2.23. The van der Waals surface area contributed by atoms with Gasteiger partial charge in [0.25, 0.3) is 0 Å². The van der Waals surface area contributed by atoms with Gasteiger partial charge < -0.3 is 15.5 Å². The van der Waals surface area contributed by atoms with E-state index in [9.17, 15) is 9.18 Å². The third-order valence-electron chi connectivity index (χ3n) is 4.66. The minimum atomic E-state index is -0.492. The van der Waals surface area contributed by atoms with E-state index in [0.717, 1.165) is 19.4 Å². The van der Waals surface area contributed by atoms with Gasteiger partial charge in [-0.1, -0.05) is 11.6 Å². The third kappa shape index (κ3) is 4.34. The van der Waals surface area contributed by atoms with Crippen LogP contribution in [0.15, 0.2) is 30.7 Å². The molecule has 0 bridgehead atoms. The molecule has 1 aliphatic heterocycles. The standard InChI is InChI=1S/C19H19ClFN7O/c1-11(29)25-13-3-2-6-28(9-13)19-22-8-16-17(27-19)18(24-10-23-16)26-12-4-5-15(21)14(20)7-12/h4-5,7-8,10,13H,2-3,6,9H2,1H3,(H,25,29)(H,23,24,26). The first-order valence-electron chi connectivity index (χ1n) is 9.21. The first-order valence-corrected chi connectivity index (χ1v) is 9.59. The third-order valence-corrected chi connectivity index (χ3v) is 4.95. The number of rotatable bonds is 4. The fourth-order valence-electron chi connectivity index (χ4n) is 3.36. The fraction of sp³-hybridized carbons (Fsp3) is 0.316. The number of anilines is 3. The Balaban J connectivity index is 1.63. The van der Waals surface area contributed by atoms with E-state index in [-0.39, 0.29) is 17.0 Å². The molecule has 2 N–H and O–H groups in total. The molecule has 1 unspecified atom stereocenters. The number of aromatic nitrogens is 4. The molecule has 0 radical (unpaired) electrons. The number of fused-ring (bicyclic) bond motifs is 1. The Bertz CT molecular complexity index is 1060. The van der Waals surface area contributed by atoms with Crippen LogP contribution in [0.1, 0.15) is 19.8 Å². The molecular weight excluding hydrogens is 397 g/mol. The summed E-state index contributed by atoms with van der Waals surface area (Å²) in [4.78, 5) is 31.0. The van der Waals surface area contributed by atoms with Gasteiger partial charge in [-0.2, -0.15) is 0 Å². The molecule has 1 saturated heterocycles. The van der Waals surface area contributed by atoms with E-state index in [0.29, 0.717) is 35.0 Å². The minimum Gasteiger partial charge on any atom is -0.352 e. The number of piperidine rings is 1. The Morgan fingerprint density at radius 1 is 1.31 bits per heavy atom. The van der Waals surface area contributed by atoms with Crippen molar-refractivity contribution >= 4 is 46.0 Å². The molecule has 3 aromatic rings.